The molecule has 1 unspecified atom stereocenters. The molecule has 0 aliphatic carbocycles. The van der Waals surface area contributed by atoms with Gasteiger partial charge in [-0.05, 0) is 78.6 Å². The molecule has 0 saturated carbocycles. The normalized spacial score (nSPS) is 11.6. The summed E-state index contributed by atoms with van der Waals surface area (Å²) in [4.78, 5) is 0. The molecule has 0 aliphatic rings. The van der Waals surface area contributed by atoms with Gasteiger partial charge in [0.1, 0.15) is 23.0 Å². The number of phenolic OH excluding ortho intramolecular Hbond substituents is 2. The van der Waals surface area contributed by atoms with Crippen molar-refractivity contribution in [2.75, 3.05) is 13.2 Å². The zero-order chi connectivity index (χ0) is 38.4. The molecule has 0 spiro atoms. The summed E-state index contributed by atoms with van der Waals surface area (Å²) in [5.74, 6) is 1.91. The predicted molar refractivity (Wildman–Crippen MR) is 229 cm³/mol. The van der Waals surface area contributed by atoms with E-state index >= 15 is 0 Å². The van der Waals surface area contributed by atoms with Gasteiger partial charge in [-0.15, -0.1) is 6.58 Å². The molecule has 4 heteroatoms. The first-order valence-corrected chi connectivity index (χ1v) is 19.9. The quantitative estimate of drug-likeness (QED) is 0.0643. The molecule has 0 amide bonds. The zero-order valence-corrected chi connectivity index (χ0v) is 32.3. The lowest BCUT2D eigenvalue weighted by atomic mass is 9.94. The molecular weight excluding hydrogens is 677 g/mol. The van der Waals surface area contributed by atoms with Crippen LogP contribution >= 0.6 is 0 Å². The number of unbranched alkanes of at least 4 members (excludes halogenated alkanes) is 3. The number of hydrogen-bond acceptors (Lipinski definition) is 4. The van der Waals surface area contributed by atoms with E-state index in [9.17, 15) is 10.2 Å². The third-order valence-corrected chi connectivity index (χ3v) is 10.2. The van der Waals surface area contributed by atoms with Crippen molar-refractivity contribution in [2.24, 2.45) is 5.92 Å². The number of aryl methyl sites for hydroxylation is 2. The zero-order valence-electron chi connectivity index (χ0n) is 32.3. The SMILES string of the molecule is C=CCC(COc1ccc(CCCC)cc1-c1cccc(-c2ccccc2)c1O)COc1ccc(CCCCC)cc1-c1cccc(-c2ccccc2)c1O. The van der Waals surface area contributed by atoms with Gasteiger partial charge in [-0.3, -0.25) is 0 Å². The van der Waals surface area contributed by atoms with Gasteiger partial charge in [0, 0.05) is 39.3 Å². The average Bonchev–Trinajstić information content (AvgIpc) is 3.22. The number of benzene rings is 6. The van der Waals surface area contributed by atoms with Crippen LogP contribution in [0.2, 0.25) is 0 Å². The Bertz CT molecular complexity index is 2140. The molecule has 2 N–H and O–H groups in total. The van der Waals surface area contributed by atoms with Crippen molar-refractivity contribution in [3.63, 3.8) is 0 Å². The molecular formula is C51H54O4. The van der Waals surface area contributed by atoms with Crippen LogP contribution in [-0.4, -0.2) is 23.4 Å². The standard InChI is InChI=1S/C51H54O4/c1-4-7-11-20-38-30-32-49(47(34-38)45-28-17-26-43(51(45)53)41-23-14-10-15-24-41)55-36-39(18-6-3)35-54-48-31-29-37(19-8-5-2)33-46(48)44-27-16-25-42(50(44)52)40-21-12-9-13-22-40/h6,9-10,12-17,21-34,39,52-53H,3-5,7-8,11,18-20,35-36H2,1-2H3. The molecule has 6 rings (SSSR count). The molecule has 282 valence electrons. The molecule has 6 aromatic rings. The Labute approximate surface area is 327 Å². The molecule has 1 atom stereocenters. The molecule has 0 heterocycles. The summed E-state index contributed by atoms with van der Waals surface area (Å²) < 4.78 is 13.3. The first-order chi connectivity index (χ1) is 27.0. The van der Waals surface area contributed by atoms with E-state index in [1.54, 1.807) is 0 Å². The van der Waals surface area contributed by atoms with Crippen molar-refractivity contribution in [2.45, 2.75) is 65.2 Å². The third-order valence-electron chi connectivity index (χ3n) is 10.2. The van der Waals surface area contributed by atoms with Crippen molar-refractivity contribution >= 4 is 0 Å². The summed E-state index contributed by atoms with van der Waals surface area (Å²) >= 11 is 0. The Hall–Kier alpha value is -5.74. The van der Waals surface area contributed by atoms with Crippen LogP contribution in [0, 0.1) is 5.92 Å². The maximum Gasteiger partial charge on any atom is 0.131 e. The van der Waals surface area contributed by atoms with Gasteiger partial charge in [-0.1, -0.05) is 148 Å². The molecule has 55 heavy (non-hydrogen) atoms. The van der Waals surface area contributed by atoms with Gasteiger partial charge in [-0.25, -0.2) is 0 Å². The van der Waals surface area contributed by atoms with Crippen molar-refractivity contribution < 1.29 is 19.7 Å². The van der Waals surface area contributed by atoms with Crippen molar-refractivity contribution in [1.29, 1.82) is 0 Å². The fraction of sp³-hybridized carbons (Fsp3) is 0.255. The van der Waals surface area contributed by atoms with Crippen molar-refractivity contribution in [3.8, 4) is 67.5 Å². The van der Waals surface area contributed by atoms with Crippen LogP contribution in [0.4, 0.5) is 0 Å². The first kappa shape index (κ1) is 39.0. The Morgan fingerprint density at radius 1 is 0.509 bits per heavy atom. The summed E-state index contributed by atoms with van der Waals surface area (Å²) in [5.41, 5.74) is 9.17. The van der Waals surface area contributed by atoms with Gasteiger partial charge in [0.2, 0.25) is 0 Å². The van der Waals surface area contributed by atoms with Crippen molar-refractivity contribution in [1.82, 2.24) is 0 Å². The summed E-state index contributed by atoms with van der Waals surface area (Å²) in [7, 11) is 0. The molecule has 0 fully saturated rings. The summed E-state index contributed by atoms with van der Waals surface area (Å²) in [6, 6.07) is 44.5. The number of para-hydroxylation sites is 2. The molecule has 0 saturated heterocycles. The smallest absolute Gasteiger partial charge is 0.131 e. The second-order valence-electron chi connectivity index (χ2n) is 14.4. The van der Waals surface area contributed by atoms with Gasteiger partial charge >= 0.3 is 0 Å². The predicted octanol–water partition coefficient (Wildman–Crippen LogP) is 13.5. The van der Waals surface area contributed by atoms with E-state index in [4.69, 9.17) is 9.47 Å². The van der Waals surface area contributed by atoms with E-state index < -0.39 is 0 Å². The number of aromatic hydroxyl groups is 2. The lowest BCUT2D eigenvalue weighted by Gasteiger charge is -2.21. The first-order valence-electron chi connectivity index (χ1n) is 19.9. The van der Waals surface area contributed by atoms with E-state index in [1.165, 1.54) is 17.5 Å². The Morgan fingerprint density at radius 3 is 1.42 bits per heavy atom. The van der Waals surface area contributed by atoms with Gasteiger partial charge < -0.3 is 19.7 Å². The van der Waals surface area contributed by atoms with E-state index in [0.29, 0.717) is 19.6 Å². The topological polar surface area (TPSA) is 58.9 Å². The highest BCUT2D eigenvalue weighted by Gasteiger charge is 2.20. The van der Waals surface area contributed by atoms with Crippen LogP contribution in [0.25, 0.3) is 44.5 Å². The molecule has 0 aliphatic heterocycles. The van der Waals surface area contributed by atoms with Crippen LogP contribution in [0.5, 0.6) is 23.0 Å². The van der Waals surface area contributed by atoms with Crippen molar-refractivity contribution in [3.05, 3.63) is 157 Å². The number of allylic oxidation sites excluding steroid dienone is 1. The number of ether oxygens (including phenoxy) is 2. The summed E-state index contributed by atoms with van der Waals surface area (Å²) in [6.45, 7) is 9.26. The molecule has 4 nitrogen and oxygen atoms in total. The maximum atomic E-state index is 11.7. The lowest BCUT2D eigenvalue weighted by molar-refractivity contribution is 0.179. The Kier molecular flexibility index (Phi) is 13.8. The van der Waals surface area contributed by atoms with Gasteiger partial charge in [-0.2, -0.15) is 0 Å². The number of rotatable bonds is 19. The molecule has 0 radical (unpaired) electrons. The number of hydrogen-bond donors (Lipinski definition) is 2. The van der Waals surface area contributed by atoms with Gasteiger partial charge in [0.25, 0.3) is 0 Å². The maximum absolute atomic E-state index is 11.7. The van der Waals surface area contributed by atoms with Crippen LogP contribution < -0.4 is 9.47 Å². The molecule has 0 aromatic heterocycles. The monoisotopic (exact) mass is 730 g/mol. The molecule has 0 bridgehead atoms. The second kappa shape index (κ2) is 19.5. The van der Waals surface area contributed by atoms with E-state index in [0.717, 1.165) is 94.5 Å². The van der Waals surface area contributed by atoms with E-state index in [1.807, 2.05) is 115 Å². The fourth-order valence-electron chi connectivity index (χ4n) is 7.16. The van der Waals surface area contributed by atoms with E-state index in [-0.39, 0.29) is 17.4 Å². The minimum absolute atomic E-state index is 0.00398. The Morgan fingerprint density at radius 2 is 0.964 bits per heavy atom. The average molecular weight is 731 g/mol. The van der Waals surface area contributed by atoms with Crippen LogP contribution in [-0.2, 0) is 12.8 Å². The largest absolute Gasteiger partial charge is 0.507 e. The summed E-state index contributed by atoms with van der Waals surface area (Å²) in [6.07, 6.45) is 10.2. The number of phenols is 2. The van der Waals surface area contributed by atoms with Crippen LogP contribution in [0.15, 0.2) is 146 Å². The highest BCUT2D eigenvalue weighted by molar-refractivity contribution is 5.86. The summed E-state index contributed by atoms with van der Waals surface area (Å²) in [5, 5.41) is 23.3. The lowest BCUT2D eigenvalue weighted by Crippen LogP contribution is -2.20. The Balaban J connectivity index is 1.27. The minimum Gasteiger partial charge on any atom is -0.507 e. The van der Waals surface area contributed by atoms with Crippen LogP contribution in [0.3, 0.4) is 0 Å². The highest BCUT2D eigenvalue weighted by atomic mass is 16.5. The minimum atomic E-state index is -0.00398. The molecule has 6 aromatic carbocycles. The highest BCUT2D eigenvalue weighted by Crippen LogP contribution is 2.44. The van der Waals surface area contributed by atoms with Gasteiger partial charge in [0.05, 0.1) is 13.2 Å². The van der Waals surface area contributed by atoms with Gasteiger partial charge in [0.15, 0.2) is 0 Å². The third kappa shape index (κ3) is 9.88. The van der Waals surface area contributed by atoms with Crippen LogP contribution in [0.1, 0.15) is 63.5 Å². The second-order valence-corrected chi connectivity index (χ2v) is 14.4. The fourth-order valence-corrected chi connectivity index (χ4v) is 7.16. The van der Waals surface area contributed by atoms with E-state index in [2.05, 4.69) is 44.7 Å².